The first-order chi connectivity index (χ1) is 9.00. The molecule has 0 amide bonds. The van der Waals surface area contributed by atoms with E-state index in [1.807, 2.05) is 18.4 Å². The molecular weight excluding hydrogens is 264 g/mol. The van der Waals surface area contributed by atoms with Gasteiger partial charge in [0.25, 0.3) is 0 Å². The number of aryl methyl sites for hydroxylation is 1. The number of carboxylic acids is 2. The summed E-state index contributed by atoms with van der Waals surface area (Å²) in [5, 5.41) is 19.8. The summed E-state index contributed by atoms with van der Waals surface area (Å²) < 4.78 is 0. The Balaban J connectivity index is 2.35. The van der Waals surface area contributed by atoms with Crippen LogP contribution in [0.4, 0.5) is 0 Å². The molecule has 0 unspecified atom stereocenters. The number of benzene rings is 1. The van der Waals surface area contributed by atoms with Gasteiger partial charge >= 0.3 is 11.9 Å². The second kappa shape index (κ2) is 5.24. The standard InChI is InChI=1S/C14H12O4S/c1-8-6-7-19-12(8)10-4-2-9(3-5-10)11(13(15)16)14(17)18/h2-7,11H,1H3,(H,15,16)(H,17,18). The summed E-state index contributed by atoms with van der Waals surface area (Å²) in [5.41, 5.74) is 2.38. The number of carbonyl (C=O) groups is 2. The smallest absolute Gasteiger partial charge is 0.322 e. The van der Waals surface area contributed by atoms with Gasteiger partial charge in [-0.05, 0) is 35.1 Å². The number of carboxylic acid groups (broad SMARTS) is 2. The van der Waals surface area contributed by atoms with E-state index in [1.165, 1.54) is 0 Å². The van der Waals surface area contributed by atoms with Crippen molar-refractivity contribution < 1.29 is 19.8 Å². The fourth-order valence-corrected chi connectivity index (χ4v) is 2.82. The maximum absolute atomic E-state index is 10.9. The van der Waals surface area contributed by atoms with Gasteiger partial charge in [0.15, 0.2) is 5.92 Å². The zero-order valence-corrected chi connectivity index (χ0v) is 11.0. The molecule has 2 aromatic rings. The van der Waals surface area contributed by atoms with E-state index in [2.05, 4.69) is 0 Å². The molecule has 1 heterocycles. The van der Waals surface area contributed by atoms with Crippen LogP contribution in [-0.2, 0) is 9.59 Å². The van der Waals surface area contributed by atoms with Crippen molar-refractivity contribution in [3.63, 3.8) is 0 Å². The fraction of sp³-hybridized carbons (Fsp3) is 0.143. The molecule has 1 aromatic carbocycles. The van der Waals surface area contributed by atoms with Crippen molar-refractivity contribution in [2.75, 3.05) is 0 Å². The summed E-state index contributed by atoms with van der Waals surface area (Å²) >= 11 is 1.60. The van der Waals surface area contributed by atoms with Crippen molar-refractivity contribution in [3.8, 4) is 10.4 Å². The van der Waals surface area contributed by atoms with Crippen molar-refractivity contribution in [2.45, 2.75) is 12.8 Å². The molecule has 0 spiro atoms. The van der Waals surface area contributed by atoms with E-state index in [0.717, 1.165) is 16.0 Å². The van der Waals surface area contributed by atoms with Crippen LogP contribution in [0.15, 0.2) is 35.7 Å². The molecule has 0 fully saturated rings. The van der Waals surface area contributed by atoms with E-state index in [9.17, 15) is 9.59 Å². The van der Waals surface area contributed by atoms with Crippen LogP contribution in [0.1, 0.15) is 17.0 Å². The molecule has 0 radical (unpaired) electrons. The molecule has 19 heavy (non-hydrogen) atoms. The van der Waals surface area contributed by atoms with E-state index in [0.29, 0.717) is 0 Å². The molecule has 0 saturated carbocycles. The molecule has 98 valence electrons. The first kappa shape index (κ1) is 13.3. The number of rotatable bonds is 4. The van der Waals surface area contributed by atoms with Crippen LogP contribution < -0.4 is 0 Å². The van der Waals surface area contributed by atoms with Crippen LogP contribution in [0.3, 0.4) is 0 Å². The number of thiophene rings is 1. The van der Waals surface area contributed by atoms with Gasteiger partial charge < -0.3 is 10.2 Å². The van der Waals surface area contributed by atoms with Crippen LogP contribution in [0.2, 0.25) is 0 Å². The predicted molar refractivity (Wildman–Crippen MR) is 72.5 cm³/mol. The third-order valence-electron chi connectivity index (χ3n) is 2.86. The van der Waals surface area contributed by atoms with E-state index >= 15 is 0 Å². The number of aliphatic carboxylic acids is 2. The highest BCUT2D eigenvalue weighted by molar-refractivity contribution is 7.13. The van der Waals surface area contributed by atoms with Gasteiger partial charge in [-0.1, -0.05) is 24.3 Å². The third-order valence-corrected chi connectivity index (χ3v) is 3.93. The second-order valence-corrected chi connectivity index (χ2v) is 5.08. The lowest BCUT2D eigenvalue weighted by Gasteiger charge is -2.08. The van der Waals surface area contributed by atoms with Crippen LogP contribution >= 0.6 is 11.3 Å². The lowest BCUT2D eigenvalue weighted by Crippen LogP contribution is -2.20. The Morgan fingerprint density at radius 1 is 1.05 bits per heavy atom. The highest BCUT2D eigenvalue weighted by Crippen LogP contribution is 2.30. The molecule has 0 bridgehead atoms. The van der Waals surface area contributed by atoms with Gasteiger partial charge in [-0.25, -0.2) is 0 Å². The molecule has 0 aliphatic rings. The molecule has 2 rings (SSSR count). The Labute approximate surface area is 114 Å². The largest absolute Gasteiger partial charge is 0.480 e. The van der Waals surface area contributed by atoms with E-state index < -0.39 is 17.9 Å². The molecule has 1 aromatic heterocycles. The van der Waals surface area contributed by atoms with Crippen molar-refractivity contribution >= 4 is 23.3 Å². The Morgan fingerprint density at radius 3 is 2.05 bits per heavy atom. The zero-order chi connectivity index (χ0) is 14.0. The Morgan fingerprint density at radius 2 is 1.63 bits per heavy atom. The summed E-state index contributed by atoms with van der Waals surface area (Å²) in [4.78, 5) is 23.0. The molecule has 0 aliphatic heterocycles. The molecule has 5 heteroatoms. The summed E-state index contributed by atoms with van der Waals surface area (Å²) in [5.74, 6) is -4.22. The maximum Gasteiger partial charge on any atom is 0.322 e. The van der Waals surface area contributed by atoms with Gasteiger partial charge in [0, 0.05) is 4.88 Å². The first-order valence-corrected chi connectivity index (χ1v) is 6.48. The normalized spacial score (nSPS) is 10.6. The average Bonchev–Trinajstić information content (AvgIpc) is 2.75. The van der Waals surface area contributed by atoms with Crippen LogP contribution in [0.5, 0.6) is 0 Å². The van der Waals surface area contributed by atoms with Crippen molar-refractivity contribution in [1.82, 2.24) is 0 Å². The lowest BCUT2D eigenvalue weighted by atomic mass is 9.97. The summed E-state index contributed by atoms with van der Waals surface area (Å²) in [6.45, 7) is 2.00. The third kappa shape index (κ3) is 2.66. The minimum atomic E-state index is -1.52. The van der Waals surface area contributed by atoms with E-state index in [4.69, 9.17) is 10.2 Å². The second-order valence-electron chi connectivity index (χ2n) is 4.16. The van der Waals surface area contributed by atoms with Gasteiger partial charge in [0.1, 0.15) is 0 Å². The molecular formula is C14H12O4S. The fourth-order valence-electron chi connectivity index (χ4n) is 1.89. The summed E-state index contributed by atoms with van der Waals surface area (Å²) in [6, 6.07) is 8.63. The van der Waals surface area contributed by atoms with Crippen LogP contribution in [0, 0.1) is 6.92 Å². The molecule has 0 saturated heterocycles. The Kier molecular flexibility index (Phi) is 3.66. The molecule has 0 atom stereocenters. The van der Waals surface area contributed by atoms with Crippen LogP contribution in [-0.4, -0.2) is 22.2 Å². The van der Waals surface area contributed by atoms with E-state index in [1.54, 1.807) is 35.6 Å². The highest BCUT2D eigenvalue weighted by atomic mass is 32.1. The Bertz CT molecular complexity index is 599. The lowest BCUT2D eigenvalue weighted by molar-refractivity contribution is -0.150. The quantitative estimate of drug-likeness (QED) is 0.842. The van der Waals surface area contributed by atoms with Crippen molar-refractivity contribution in [2.24, 2.45) is 0 Å². The topological polar surface area (TPSA) is 74.6 Å². The van der Waals surface area contributed by atoms with Gasteiger partial charge in [0.05, 0.1) is 0 Å². The number of hydrogen-bond acceptors (Lipinski definition) is 3. The van der Waals surface area contributed by atoms with Crippen LogP contribution in [0.25, 0.3) is 10.4 Å². The van der Waals surface area contributed by atoms with Crippen molar-refractivity contribution in [3.05, 3.63) is 46.8 Å². The first-order valence-electron chi connectivity index (χ1n) is 5.60. The average molecular weight is 276 g/mol. The highest BCUT2D eigenvalue weighted by Gasteiger charge is 2.27. The zero-order valence-electron chi connectivity index (χ0n) is 10.2. The Hall–Kier alpha value is -2.14. The van der Waals surface area contributed by atoms with E-state index in [-0.39, 0.29) is 5.56 Å². The van der Waals surface area contributed by atoms with Gasteiger partial charge in [-0.15, -0.1) is 11.3 Å². The van der Waals surface area contributed by atoms with Crippen molar-refractivity contribution in [1.29, 1.82) is 0 Å². The molecule has 4 nitrogen and oxygen atoms in total. The van der Waals surface area contributed by atoms with Gasteiger partial charge in [0.2, 0.25) is 0 Å². The minimum Gasteiger partial charge on any atom is -0.480 e. The summed E-state index contributed by atoms with van der Waals surface area (Å²) in [7, 11) is 0. The SMILES string of the molecule is Cc1ccsc1-c1ccc(C(C(=O)O)C(=O)O)cc1. The number of hydrogen-bond donors (Lipinski definition) is 2. The minimum absolute atomic E-state index is 0.276. The molecule has 2 N–H and O–H groups in total. The maximum atomic E-state index is 10.9. The monoisotopic (exact) mass is 276 g/mol. The van der Waals surface area contributed by atoms with Gasteiger partial charge in [-0.2, -0.15) is 0 Å². The van der Waals surface area contributed by atoms with Gasteiger partial charge in [-0.3, -0.25) is 9.59 Å². The predicted octanol–water partition coefficient (Wildman–Crippen LogP) is 2.98. The summed E-state index contributed by atoms with van der Waals surface area (Å²) in [6.07, 6.45) is 0. The molecule has 0 aliphatic carbocycles.